The van der Waals surface area contributed by atoms with Crippen molar-refractivity contribution in [1.29, 1.82) is 0 Å². The highest BCUT2D eigenvalue weighted by Gasteiger charge is 2.36. The van der Waals surface area contributed by atoms with E-state index in [0.717, 1.165) is 18.4 Å². The van der Waals surface area contributed by atoms with Crippen LogP contribution in [0.3, 0.4) is 0 Å². The molecule has 0 saturated carbocycles. The first-order valence-corrected chi connectivity index (χ1v) is 6.24. The number of halogens is 3. The topological polar surface area (TPSA) is 12.0 Å². The van der Waals surface area contributed by atoms with E-state index in [1.54, 1.807) is 6.07 Å². The van der Waals surface area contributed by atoms with Crippen LogP contribution in [-0.4, -0.2) is 5.54 Å². The number of hydrogen-bond acceptors (Lipinski definition) is 1. The lowest BCUT2D eigenvalue weighted by atomic mass is 9.77. The minimum Gasteiger partial charge on any atom is -0.379 e. The number of rotatable bonds is 1. The summed E-state index contributed by atoms with van der Waals surface area (Å²) in [6.07, 6.45) is -2.56. The largest absolute Gasteiger partial charge is 0.416 e. The summed E-state index contributed by atoms with van der Waals surface area (Å²) >= 11 is 0. The van der Waals surface area contributed by atoms with E-state index < -0.39 is 11.7 Å². The summed E-state index contributed by atoms with van der Waals surface area (Å²) in [5.74, 6) is 0.409. The van der Waals surface area contributed by atoms with Gasteiger partial charge in [0.25, 0.3) is 0 Å². The monoisotopic (exact) mass is 257 g/mol. The molecule has 0 radical (unpaired) electrons. The Morgan fingerprint density at radius 2 is 2.06 bits per heavy atom. The molecule has 0 bridgehead atoms. The summed E-state index contributed by atoms with van der Waals surface area (Å²) in [6.45, 7) is 6.26. The van der Waals surface area contributed by atoms with Crippen molar-refractivity contribution in [2.75, 3.05) is 5.32 Å². The minimum absolute atomic E-state index is 0.128. The highest BCUT2D eigenvalue weighted by atomic mass is 19.4. The molecule has 0 aromatic heterocycles. The number of hydrogen-bond donors (Lipinski definition) is 1. The van der Waals surface area contributed by atoms with E-state index in [9.17, 15) is 13.2 Å². The lowest BCUT2D eigenvalue weighted by molar-refractivity contribution is -0.137. The number of fused-ring (bicyclic) bond motifs is 1. The second-order valence-corrected chi connectivity index (χ2v) is 5.37. The molecule has 0 saturated heterocycles. The van der Waals surface area contributed by atoms with Crippen LogP contribution in [0.2, 0.25) is 0 Å². The fourth-order valence-corrected chi connectivity index (χ4v) is 2.47. The van der Waals surface area contributed by atoms with Gasteiger partial charge in [-0.05, 0) is 43.4 Å². The van der Waals surface area contributed by atoms with Crippen LogP contribution in [0.1, 0.15) is 38.3 Å². The first kappa shape index (κ1) is 13.2. The van der Waals surface area contributed by atoms with Crippen LogP contribution >= 0.6 is 0 Å². The fraction of sp³-hybridized carbons (Fsp3) is 0.571. The van der Waals surface area contributed by atoms with E-state index in [4.69, 9.17) is 0 Å². The third-order valence-corrected chi connectivity index (χ3v) is 4.21. The van der Waals surface area contributed by atoms with Gasteiger partial charge < -0.3 is 5.32 Å². The van der Waals surface area contributed by atoms with Crippen LogP contribution in [0.4, 0.5) is 18.9 Å². The highest BCUT2D eigenvalue weighted by Crippen LogP contribution is 2.39. The molecule has 1 N–H and O–H groups in total. The molecule has 0 spiro atoms. The zero-order chi connectivity index (χ0) is 13.6. The second-order valence-electron chi connectivity index (χ2n) is 5.37. The molecule has 100 valence electrons. The van der Waals surface area contributed by atoms with Gasteiger partial charge in [-0.3, -0.25) is 0 Å². The van der Waals surface area contributed by atoms with Gasteiger partial charge in [0, 0.05) is 11.2 Å². The number of nitrogens with one attached hydrogen (secondary N) is 1. The Morgan fingerprint density at radius 1 is 1.39 bits per heavy atom. The SMILES string of the molecule is CCC1(C)Nc2cc(C(F)(F)F)ccc2CC1C. The Morgan fingerprint density at radius 3 is 2.61 bits per heavy atom. The summed E-state index contributed by atoms with van der Waals surface area (Å²) in [5.41, 5.74) is 0.896. The van der Waals surface area contributed by atoms with Gasteiger partial charge in [-0.2, -0.15) is 13.2 Å². The Hall–Kier alpha value is -1.19. The van der Waals surface area contributed by atoms with Crippen molar-refractivity contribution < 1.29 is 13.2 Å². The summed E-state index contributed by atoms with van der Waals surface area (Å²) < 4.78 is 38.0. The molecule has 1 aliphatic heterocycles. The molecule has 2 atom stereocenters. The molecule has 0 fully saturated rings. The summed E-state index contributed by atoms with van der Waals surface area (Å²) in [5, 5.41) is 3.29. The number of anilines is 1. The van der Waals surface area contributed by atoms with Gasteiger partial charge in [0.15, 0.2) is 0 Å². The van der Waals surface area contributed by atoms with E-state index in [1.165, 1.54) is 12.1 Å². The molecule has 18 heavy (non-hydrogen) atoms. The van der Waals surface area contributed by atoms with Gasteiger partial charge in [-0.25, -0.2) is 0 Å². The van der Waals surface area contributed by atoms with Gasteiger partial charge in [0.1, 0.15) is 0 Å². The van der Waals surface area contributed by atoms with Gasteiger partial charge in [0.2, 0.25) is 0 Å². The zero-order valence-corrected chi connectivity index (χ0v) is 10.9. The third-order valence-electron chi connectivity index (χ3n) is 4.21. The molecule has 1 aromatic rings. The van der Waals surface area contributed by atoms with Crippen LogP contribution in [0.5, 0.6) is 0 Å². The molecule has 1 aliphatic rings. The van der Waals surface area contributed by atoms with Gasteiger partial charge in [0.05, 0.1) is 5.56 Å². The summed E-state index contributed by atoms with van der Waals surface area (Å²) in [7, 11) is 0. The van der Waals surface area contributed by atoms with E-state index in [0.29, 0.717) is 11.6 Å². The molecule has 1 aromatic carbocycles. The highest BCUT2D eigenvalue weighted by molar-refractivity contribution is 5.58. The minimum atomic E-state index is -4.28. The van der Waals surface area contributed by atoms with Crippen molar-refractivity contribution >= 4 is 5.69 Å². The predicted octanol–water partition coefficient (Wildman–Crippen LogP) is 4.48. The van der Waals surface area contributed by atoms with Gasteiger partial charge in [-0.1, -0.05) is 19.9 Å². The average Bonchev–Trinajstić information content (AvgIpc) is 2.29. The first-order valence-electron chi connectivity index (χ1n) is 6.24. The molecule has 0 aliphatic carbocycles. The third kappa shape index (κ3) is 2.20. The van der Waals surface area contributed by atoms with Crippen molar-refractivity contribution in [3.05, 3.63) is 29.3 Å². The van der Waals surface area contributed by atoms with E-state index >= 15 is 0 Å². The molecule has 1 heterocycles. The van der Waals surface area contributed by atoms with Crippen LogP contribution in [0, 0.1) is 5.92 Å². The predicted molar refractivity (Wildman–Crippen MR) is 66.6 cm³/mol. The molecule has 0 amide bonds. The molecule has 2 rings (SSSR count). The molecular weight excluding hydrogens is 239 g/mol. The van der Waals surface area contributed by atoms with Crippen molar-refractivity contribution in [1.82, 2.24) is 0 Å². The van der Waals surface area contributed by atoms with E-state index in [1.807, 2.05) is 0 Å². The Balaban J connectivity index is 2.40. The zero-order valence-electron chi connectivity index (χ0n) is 10.9. The Labute approximate surface area is 105 Å². The van der Waals surface area contributed by atoms with Crippen LogP contribution in [0.25, 0.3) is 0 Å². The second kappa shape index (κ2) is 4.18. The van der Waals surface area contributed by atoms with Crippen molar-refractivity contribution in [3.8, 4) is 0 Å². The van der Waals surface area contributed by atoms with E-state index in [2.05, 4.69) is 26.1 Å². The fourth-order valence-electron chi connectivity index (χ4n) is 2.47. The maximum absolute atomic E-state index is 12.7. The molecular formula is C14H18F3N. The Bertz CT molecular complexity index is 453. The van der Waals surface area contributed by atoms with Crippen LogP contribution in [-0.2, 0) is 12.6 Å². The van der Waals surface area contributed by atoms with Crippen molar-refractivity contribution in [2.45, 2.75) is 45.3 Å². The number of alkyl halides is 3. The van der Waals surface area contributed by atoms with Crippen molar-refractivity contribution in [3.63, 3.8) is 0 Å². The van der Waals surface area contributed by atoms with Gasteiger partial charge in [-0.15, -0.1) is 0 Å². The lowest BCUT2D eigenvalue weighted by Crippen LogP contribution is -2.45. The smallest absolute Gasteiger partial charge is 0.379 e. The lowest BCUT2D eigenvalue weighted by Gasteiger charge is -2.42. The Kier molecular flexibility index (Phi) is 3.07. The number of benzene rings is 1. The molecule has 1 nitrogen and oxygen atoms in total. The van der Waals surface area contributed by atoms with E-state index in [-0.39, 0.29) is 5.54 Å². The first-order chi connectivity index (χ1) is 8.26. The normalized spacial score (nSPS) is 27.6. The quantitative estimate of drug-likeness (QED) is 0.782. The maximum atomic E-state index is 12.7. The standard InChI is InChI=1S/C14H18F3N/c1-4-13(3)9(2)7-10-5-6-11(14(15,16)17)8-12(10)18-13/h5-6,8-9,18H,4,7H2,1-3H3. The molecule has 4 heteroatoms. The van der Waals surface area contributed by atoms with Crippen LogP contribution in [0.15, 0.2) is 18.2 Å². The average molecular weight is 257 g/mol. The molecule has 2 unspecified atom stereocenters. The van der Waals surface area contributed by atoms with Crippen LogP contribution < -0.4 is 5.32 Å². The van der Waals surface area contributed by atoms with Crippen molar-refractivity contribution in [2.24, 2.45) is 5.92 Å². The maximum Gasteiger partial charge on any atom is 0.416 e. The summed E-state index contributed by atoms with van der Waals surface area (Å²) in [4.78, 5) is 0. The van der Waals surface area contributed by atoms with Gasteiger partial charge >= 0.3 is 6.18 Å². The summed E-state index contributed by atoms with van der Waals surface area (Å²) in [6, 6.07) is 3.99.